The average molecular weight is 240 g/mol. The van der Waals surface area contributed by atoms with Crippen LogP contribution in [0, 0.1) is 0 Å². The van der Waals surface area contributed by atoms with E-state index in [0.29, 0.717) is 5.52 Å². The minimum atomic E-state index is -4.15. The Morgan fingerprint density at radius 3 is 2.81 bits per heavy atom. The molecular formula is C10H12N2O3S. The van der Waals surface area contributed by atoms with Gasteiger partial charge in [-0.05, 0) is 24.6 Å². The van der Waals surface area contributed by atoms with Gasteiger partial charge in [0.25, 0.3) is 10.1 Å². The Kier molecular flexibility index (Phi) is 2.69. The number of hydrogen-bond donors (Lipinski definition) is 1. The molecule has 0 amide bonds. The van der Waals surface area contributed by atoms with Gasteiger partial charge in [0.05, 0.1) is 22.3 Å². The van der Waals surface area contributed by atoms with Gasteiger partial charge in [0.1, 0.15) is 0 Å². The maximum atomic E-state index is 10.9. The molecule has 1 aromatic carbocycles. The van der Waals surface area contributed by atoms with Crippen molar-refractivity contribution < 1.29 is 13.0 Å². The van der Waals surface area contributed by atoms with Gasteiger partial charge in [0.15, 0.2) is 0 Å². The van der Waals surface area contributed by atoms with Crippen LogP contribution in [0.25, 0.3) is 11.0 Å². The number of aromatic nitrogens is 2. The van der Waals surface area contributed by atoms with Crippen LogP contribution in [0.5, 0.6) is 0 Å². The van der Waals surface area contributed by atoms with E-state index in [0.717, 1.165) is 18.5 Å². The molecule has 1 N–H and O–H groups in total. The first-order chi connectivity index (χ1) is 7.52. The summed E-state index contributed by atoms with van der Waals surface area (Å²) >= 11 is 0. The average Bonchev–Trinajstić information content (AvgIpc) is 2.60. The number of imidazole rings is 1. The van der Waals surface area contributed by atoms with Gasteiger partial charge >= 0.3 is 0 Å². The summed E-state index contributed by atoms with van der Waals surface area (Å²) in [6.07, 6.45) is 2.65. The zero-order valence-electron chi connectivity index (χ0n) is 8.79. The van der Waals surface area contributed by atoms with Crippen LogP contribution in [-0.2, 0) is 16.7 Å². The molecule has 6 heteroatoms. The smallest absolute Gasteiger partial charge is 0.294 e. The van der Waals surface area contributed by atoms with Crippen molar-refractivity contribution in [2.45, 2.75) is 24.8 Å². The summed E-state index contributed by atoms with van der Waals surface area (Å²) < 4.78 is 32.7. The second-order valence-electron chi connectivity index (χ2n) is 3.56. The molecule has 2 aromatic rings. The summed E-state index contributed by atoms with van der Waals surface area (Å²) in [7, 11) is -4.15. The molecule has 0 spiro atoms. The first kappa shape index (κ1) is 11.1. The van der Waals surface area contributed by atoms with E-state index in [2.05, 4.69) is 11.9 Å². The highest BCUT2D eigenvalue weighted by Gasteiger charge is 2.11. The summed E-state index contributed by atoms with van der Waals surface area (Å²) in [5.41, 5.74) is 1.44. The van der Waals surface area contributed by atoms with Gasteiger partial charge in [-0.2, -0.15) is 8.42 Å². The van der Waals surface area contributed by atoms with E-state index in [1.54, 1.807) is 12.4 Å². The lowest BCUT2D eigenvalue weighted by Crippen LogP contribution is -1.98. The summed E-state index contributed by atoms with van der Waals surface area (Å²) in [6.45, 7) is 2.89. The second-order valence-corrected chi connectivity index (χ2v) is 4.99. The first-order valence-electron chi connectivity index (χ1n) is 4.95. The third kappa shape index (κ3) is 1.94. The molecule has 0 atom stereocenters. The van der Waals surface area contributed by atoms with E-state index in [9.17, 15) is 8.42 Å². The predicted molar refractivity (Wildman–Crippen MR) is 59.8 cm³/mol. The minimum Gasteiger partial charge on any atom is -0.331 e. The Hall–Kier alpha value is -1.40. The topological polar surface area (TPSA) is 72.2 Å². The molecule has 0 aliphatic rings. The molecule has 0 bridgehead atoms. The van der Waals surface area contributed by atoms with Crippen molar-refractivity contribution in [1.29, 1.82) is 0 Å². The van der Waals surface area contributed by atoms with Crippen molar-refractivity contribution in [2.24, 2.45) is 0 Å². The summed E-state index contributed by atoms with van der Waals surface area (Å²) in [4.78, 5) is 3.98. The number of hydrogen-bond acceptors (Lipinski definition) is 3. The lowest BCUT2D eigenvalue weighted by molar-refractivity contribution is 0.483. The monoisotopic (exact) mass is 240 g/mol. The van der Waals surface area contributed by atoms with Crippen molar-refractivity contribution in [2.75, 3.05) is 0 Å². The largest absolute Gasteiger partial charge is 0.331 e. The molecule has 0 aliphatic heterocycles. The molecule has 0 radical (unpaired) electrons. The van der Waals surface area contributed by atoms with Gasteiger partial charge in [-0.1, -0.05) is 6.92 Å². The number of aryl methyl sites for hydroxylation is 1. The normalized spacial score (nSPS) is 12.1. The number of nitrogens with zero attached hydrogens (tertiary/aromatic N) is 2. The van der Waals surface area contributed by atoms with Crippen molar-refractivity contribution in [1.82, 2.24) is 9.55 Å². The van der Waals surface area contributed by atoms with Crippen LogP contribution in [0.4, 0.5) is 0 Å². The molecule has 2 rings (SSSR count). The summed E-state index contributed by atoms with van der Waals surface area (Å²) in [5.74, 6) is 0. The molecule has 1 heterocycles. The standard InChI is InChI=1S/C10H12N2O3S/c1-2-5-12-7-11-9-6-8(16(13,14)15)3-4-10(9)12/h3-4,6-7H,2,5H2,1H3,(H,13,14,15). The lowest BCUT2D eigenvalue weighted by atomic mass is 10.3. The lowest BCUT2D eigenvalue weighted by Gasteiger charge is -2.01. The van der Waals surface area contributed by atoms with Gasteiger partial charge in [-0.15, -0.1) is 0 Å². The van der Waals surface area contributed by atoms with Gasteiger partial charge in [0, 0.05) is 6.54 Å². The minimum absolute atomic E-state index is 0.123. The zero-order valence-corrected chi connectivity index (χ0v) is 9.61. The van der Waals surface area contributed by atoms with Crippen LogP contribution in [0.15, 0.2) is 29.4 Å². The highest BCUT2D eigenvalue weighted by atomic mass is 32.2. The van der Waals surface area contributed by atoms with Crippen molar-refractivity contribution in [3.63, 3.8) is 0 Å². The van der Waals surface area contributed by atoms with Crippen molar-refractivity contribution in [3.8, 4) is 0 Å². The van der Waals surface area contributed by atoms with E-state index in [-0.39, 0.29) is 4.90 Å². The molecule has 86 valence electrons. The maximum absolute atomic E-state index is 10.9. The van der Waals surface area contributed by atoms with E-state index in [1.165, 1.54) is 12.1 Å². The van der Waals surface area contributed by atoms with E-state index in [4.69, 9.17) is 4.55 Å². The molecule has 0 saturated carbocycles. The van der Waals surface area contributed by atoms with Crippen LogP contribution in [0.2, 0.25) is 0 Å². The predicted octanol–water partition coefficient (Wildman–Crippen LogP) is 1.69. The van der Waals surface area contributed by atoms with E-state index >= 15 is 0 Å². The summed E-state index contributed by atoms with van der Waals surface area (Å²) in [6, 6.07) is 4.41. The molecule has 0 unspecified atom stereocenters. The van der Waals surface area contributed by atoms with Crippen LogP contribution in [0.3, 0.4) is 0 Å². The van der Waals surface area contributed by atoms with Crippen molar-refractivity contribution in [3.05, 3.63) is 24.5 Å². The van der Waals surface area contributed by atoms with Crippen LogP contribution in [0.1, 0.15) is 13.3 Å². The third-order valence-corrected chi connectivity index (χ3v) is 3.20. The van der Waals surface area contributed by atoms with Gasteiger partial charge in [-0.25, -0.2) is 4.98 Å². The van der Waals surface area contributed by atoms with Gasteiger partial charge < -0.3 is 4.57 Å². The van der Waals surface area contributed by atoms with E-state index < -0.39 is 10.1 Å². The van der Waals surface area contributed by atoms with Gasteiger partial charge in [-0.3, -0.25) is 4.55 Å². The quantitative estimate of drug-likeness (QED) is 0.829. The molecule has 0 saturated heterocycles. The molecule has 1 aromatic heterocycles. The zero-order chi connectivity index (χ0) is 11.8. The maximum Gasteiger partial charge on any atom is 0.294 e. The highest BCUT2D eigenvalue weighted by Crippen LogP contribution is 2.18. The van der Waals surface area contributed by atoms with Crippen LogP contribution < -0.4 is 0 Å². The highest BCUT2D eigenvalue weighted by molar-refractivity contribution is 7.85. The Balaban J connectivity index is 2.58. The van der Waals surface area contributed by atoms with Crippen LogP contribution >= 0.6 is 0 Å². The van der Waals surface area contributed by atoms with Crippen LogP contribution in [-0.4, -0.2) is 22.5 Å². The first-order valence-corrected chi connectivity index (χ1v) is 6.39. The summed E-state index contributed by atoms with van der Waals surface area (Å²) in [5, 5.41) is 0. The Labute approximate surface area is 93.5 Å². The fourth-order valence-corrected chi connectivity index (χ4v) is 2.12. The number of benzene rings is 1. The second kappa shape index (κ2) is 3.88. The third-order valence-electron chi connectivity index (χ3n) is 2.35. The molecule has 0 fully saturated rings. The van der Waals surface area contributed by atoms with Crippen molar-refractivity contribution >= 4 is 21.2 Å². The molecular weight excluding hydrogens is 228 g/mol. The Morgan fingerprint density at radius 1 is 1.44 bits per heavy atom. The Bertz CT molecular complexity index is 616. The van der Waals surface area contributed by atoms with Gasteiger partial charge in [0.2, 0.25) is 0 Å². The number of fused-ring (bicyclic) bond motifs is 1. The van der Waals surface area contributed by atoms with E-state index in [1.807, 2.05) is 4.57 Å². The number of rotatable bonds is 3. The SMILES string of the molecule is CCCn1cnc2cc(S(=O)(=O)O)ccc21. The molecule has 0 aliphatic carbocycles. The fourth-order valence-electron chi connectivity index (χ4n) is 1.62. The fraction of sp³-hybridized carbons (Fsp3) is 0.300. The molecule has 5 nitrogen and oxygen atoms in total. The molecule has 16 heavy (non-hydrogen) atoms. The Morgan fingerprint density at radius 2 is 2.19 bits per heavy atom.